The second-order valence-corrected chi connectivity index (χ2v) is 34.7. The van der Waals surface area contributed by atoms with Gasteiger partial charge >= 0.3 is 0 Å². The molecule has 116 heavy (non-hydrogen) atoms. The highest BCUT2D eigenvalue weighted by Crippen LogP contribution is 2.61. The molecular weight excluding hydrogens is 1420 g/mol. The minimum atomic E-state index is -0.117. The van der Waals surface area contributed by atoms with Gasteiger partial charge in [0.25, 0.3) is 0 Å². The van der Waals surface area contributed by atoms with E-state index in [0.717, 1.165) is 17.1 Å². The molecule has 24 rings (SSSR count). The fraction of sp³-hybridized carbons (Fsp3) is 0.0796. The van der Waals surface area contributed by atoms with E-state index >= 15 is 0 Å². The Kier molecular flexibility index (Phi) is 15.0. The van der Waals surface area contributed by atoms with E-state index in [-0.39, 0.29) is 16.2 Å². The lowest BCUT2D eigenvalue weighted by Crippen LogP contribution is -2.17. The van der Waals surface area contributed by atoms with Gasteiger partial charge in [0.15, 0.2) is 0 Å². The summed E-state index contributed by atoms with van der Waals surface area (Å²) >= 11 is 1.89. The fourth-order valence-corrected chi connectivity index (χ4v) is 22.2. The molecule has 5 aliphatic carbocycles. The van der Waals surface area contributed by atoms with Crippen molar-refractivity contribution >= 4 is 87.2 Å². The van der Waals surface area contributed by atoms with Gasteiger partial charge in [-0.1, -0.05) is 351 Å². The number of hydrogen-bond donors (Lipinski definition) is 0. The normalized spacial score (nSPS) is 13.8. The van der Waals surface area contributed by atoms with Crippen molar-refractivity contribution < 1.29 is 0 Å². The summed E-state index contributed by atoms with van der Waals surface area (Å²) < 4.78 is 2.67. The first-order valence-electron chi connectivity index (χ1n) is 40.8. The summed E-state index contributed by atoms with van der Waals surface area (Å²) in [6.07, 6.45) is 0. The van der Waals surface area contributed by atoms with Gasteiger partial charge in [0.05, 0.1) is 17.1 Å². The molecule has 0 atom stereocenters. The van der Waals surface area contributed by atoms with Crippen LogP contribution in [0.15, 0.2) is 376 Å². The molecule has 0 unspecified atom stereocenters. The van der Waals surface area contributed by atoms with Crippen LogP contribution in [0.25, 0.3) is 164 Å². The van der Waals surface area contributed by atoms with Crippen LogP contribution in [-0.2, 0) is 16.2 Å². The minimum absolute atomic E-state index is 0.0975. The van der Waals surface area contributed by atoms with Gasteiger partial charge in [-0.15, -0.1) is 11.3 Å². The SMILES string of the molecule is CC1(C)c2ccccc2-c2c(N(c3ccc(-c4ccc5c6c(cccc46)-c4ccccc4-5)cc3)c3ccc(-c4cccc5c4sc4ccccc45)cc3)cccc21.CC1(C)c2ccccc2-c2c(N(c3cccc(-c4cccc(-c5ccc6c7c(cccc57)-c5ccccc5-6)c4)c3)c3cccc4c3-c3ccccc3C4(C)C)cccc21. The van der Waals surface area contributed by atoms with Gasteiger partial charge < -0.3 is 9.80 Å². The Balaban J connectivity index is 0.000000137. The zero-order valence-corrected chi connectivity index (χ0v) is 66.4. The second kappa shape index (κ2) is 25.7. The highest BCUT2D eigenvalue weighted by atomic mass is 32.1. The van der Waals surface area contributed by atoms with E-state index in [1.54, 1.807) is 0 Å². The molecule has 0 radical (unpaired) electrons. The number of nitrogens with zero attached hydrogens (tertiary/aromatic N) is 2. The first kappa shape index (κ1) is 67.9. The quantitative estimate of drug-likeness (QED) is 0.135. The van der Waals surface area contributed by atoms with E-state index < -0.39 is 0 Å². The number of hydrogen-bond acceptors (Lipinski definition) is 3. The number of benzene rings is 18. The first-order chi connectivity index (χ1) is 56.8. The summed E-state index contributed by atoms with van der Waals surface area (Å²) in [5, 5.41) is 7.97. The fourth-order valence-electron chi connectivity index (χ4n) is 21.0. The average Bonchev–Trinajstić information content (AvgIpc) is 1.56. The summed E-state index contributed by atoms with van der Waals surface area (Å²) in [4.78, 5) is 5.02. The van der Waals surface area contributed by atoms with E-state index in [4.69, 9.17) is 0 Å². The molecule has 1 aromatic heterocycles. The maximum absolute atomic E-state index is 2.56. The second-order valence-electron chi connectivity index (χ2n) is 33.7. The zero-order valence-electron chi connectivity index (χ0n) is 65.6. The van der Waals surface area contributed by atoms with Crippen molar-refractivity contribution in [1.82, 2.24) is 0 Å². The predicted octanol–water partition coefficient (Wildman–Crippen LogP) is 31.9. The maximum atomic E-state index is 2.56. The lowest BCUT2D eigenvalue weighted by Gasteiger charge is -2.31. The van der Waals surface area contributed by atoms with Gasteiger partial charge in [0.2, 0.25) is 0 Å². The number of rotatable bonds is 10. The van der Waals surface area contributed by atoms with Gasteiger partial charge in [-0.2, -0.15) is 0 Å². The predicted molar refractivity (Wildman–Crippen MR) is 493 cm³/mol. The van der Waals surface area contributed by atoms with Crippen molar-refractivity contribution in [2.24, 2.45) is 0 Å². The third kappa shape index (κ3) is 10.0. The highest BCUT2D eigenvalue weighted by molar-refractivity contribution is 7.26. The van der Waals surface area contributed by atoms with E-state index in [1.807, 2.05) is 11.3 Å². The molecule has 0 bridgehead atoms. The van der Waals surface area contributed by atoms with Crippen molar-refractivity contribution in [3.63, 3.8) is 0 Å². The molecule has 0 amide bonds. The van der Waals surface area contributed by atoms with Gasteiger partial charge in [-0.25, -0.2) is 0 Å². The lowest BCUT2D eigenvalue weighted by atomic mass is 9.82. The van der Waals surface area contributed by atoms with Crippen LogP contribution in [0.1, 0.15) is 74.9 Å². The van der Waals surface area contributed by atoms with Crippen molar-refractivity contribution in [1.29, 1.82) is 0 Å². The number of anilines is 6. The van der Waals surface area contributed by atoms with Crippen LogP contribution in [-0.4, -0.2) is 0 Å². The van der Waals surface area contributed by atoms with Gasteiger partial charge in [-0.3, -0.25) is 0 Å². The Morgan fingerprint density at radius 2 is 0.526 bits per heavy atom. The van der Waals surface area contributed by atoms with Crippen LogP contribution in [0.5, 0.6) is 0 Å². The Bertz CT molecular complexity index is 7200. The van der Waals surface area contributed by atoms with Gasteiger partial charge in [-0.05, 0) is 227 Å². The van der Waals surface area contributed by atoms with E-state index in [1.165, 1.54) is 215 Å². The highest BCUT2D eigenvalue weighted by Gasteiger charge is 2.42. The molecule has 5 aliphatic rings. The number of fused-ring (bicyclic) bond motifs is 18. The smallest absolute Gasteiger partial charge is 0.0543 e. The van der Waals surface area contributed by atoms with E-state index in [9.17, 15) is 0 Å². The van der Waals surface area contributed by atoms with Crippen LogP contribution in [0.2, 0.25) is 0 Å². The van der Waals surface area contributed by atoms with Crippen molar-refractivity contribution in [2.45, 2.75) is 57.8 Å². The molecule has 2 nitrogen and oxygen atoms in total. The third-order valence-corrected chi connectivity index (χ3v) is 27.7. The molecule has 548 valence electrons. The lowest BCUT2D eigenvalue weighted by molar-refractivity contribution is 0.660. The molecule has 19 aromatic rings. The summed E-state index contributed by atoms with van der Waals surface area (Å²) in [7, 11) is 0. The Morgan fingerprint density at radius 3 is 1.02 bits per heavy atom. The monoisotopic (exact) mass is 1500 g/mol. The average molecular weight is 1500 g/mol. The van der Waals surface area contributed by atoms with Crippen LogP contribution >= 0.6 is 11.3 Å². The van der Waals surface area contributed by atoms with Crippen LogP contribution in [0.4, 0.5) is 34.1 Å². The van der Waals surface area contributed by atoms with Crippen LogP contribution < -0.4 is 9.80 Å². The minimum Gasteiger partial charge on any atom is -0.310 e. The van der Waals surface area contributed by atoms with Crippen molar-refractivity contribution in [3.8, 4) is 122 Å². The largest absolute Gasteiger partial charge is 0.310 e. The molecule has 3 heteroatoms. The molecule has 0 N–H and O–H groups in total. The molecule has 0 saturated carbocycles. The topological polar surface area (TPSA) is 6.48 Å². The van der Waals surface area contributed by atoms with Crippen molar-refractivity contribution in [3.05, 3.63) is 409 Å². The molecular formula is C113H80N2S. The van der Waals surface area contributed by atoms with E-state index in [0.29, 0.717) is 0 Å². The Labute approximate surface area is 681 Å². The standard InChI is InChI=1S/C58H43N.C55H37NS/c1-57(2)48-26-9-7-22-46(48)55-50(57)28-14-30-52(55)59(53-31-15-29-51-56(53)47-23-8-10-27-49(47)58(51,3)4)39-19-12-17-37(35-39)36-16-11-18-38(34-36)40-32-33-45-42-21-6-5-20-41(42)44-25-13-24-43(40)54(44)45;1-55(2)48-20-7-5-15-47(48)53-49(55)21-11-22-50(53)56(37-30-26-35(27-31-37)39-16-9-19-46-42-14-6-8-23-51(42)57-54(39)46)36-28-24-34(25-29-36)38-32-33-45-41-13-4-3-12-40(41)44-18-10-17-43(38)52(44)45/h5-35H,1-4H3;3-33H,1-2H3. The first-order valence-corrected chi connectivity index (χ1v) is 41.6. The van der Waals surface area contributed by atoms with Crippen molar-refractivity contribution in [2.75, 3.05) is 9.80 Å². The number of thiophene rings is 1. The molecule has 0 aliphatic heterocycles. The third-order valence-electron chi connectivity index (χ3n) is 26.5. The molecule has 0 fully saturated rings. The van der Waals surface area contributed by atoms with Crippen LogP contribution in [0.3, 0.4) is 0 Å². The Morgan fingerprint density at radius 1 is 0.198 bits per heavy atom. The van der Waals surface area contributed by atoms with E-state index in [2.05, 4.69) is 427 Å². The van der Waals surface area contributed by atoms with Crippen LogP contribution in [0, 0.1) is 0 Å². The molecule has 0 spiro atoms. The summed E-state index contributed by atoms with van der Waals surface area (Å²) in [6, 6.07) is 141. The molecule has 1 heterocycles. The summed E-state index contributed by atoms with van der Waals surface area (Å²) in [5.74, 6) is 0. The summed E-state index contributed by atoms with van der Waals surface area (Å²) in [6.45, 7) is 14.2. The summed E-state index contributed by atoms with van der Waals surface area (Å²) in [5.41, 5.74) is 43.3. The maximum Gasteiger partial charge on any atom is 0.0543 e. The van der Waals surface area contributed by atoms with Gasteiger partial charge in [0.1, 0.15) is 0 Å². The van der Waals surface area contributed by atoms with Gasteiger partial charge in [0, 0.05) is 70.2 Å². The zero-order chi connectivity index (χ0) is 77.5. The Hall–Kier alpha value is -13.7. The molecule has 0 saturated heterocycles. The molecule has 18 aromatic carbocycles.